The minimum absolute atomic E-state index is 0.0456. The number of rotatable bonds is 3. The Balaban J connectivity index is 1.70. The molecule has 7 nitrogen and oxygen atoms in total. The highest BCUT2D eigenvalue weighted by Crippen LogP contribution is 2.36. The molecule has 0 aliphatic carbocycles. The Morgan fingerprint density at radius 2 is 2.14 bits per heavy atom. The number of hydrogen-bond donors (Lipinski definition) is 2. The van der Waals surface area contributed by atoms with Gasteiger partial charge in [0.25, 0.3) is 0 Å². The van der Waals surface area contributed by atoms with Gasteiger partial charge < -0.3 is 19.9 Å². The highest BCUT2D eigenvalue weighted by molar-refractivity contribution is 6.10. The molecule has 5 rings (SSSR count). The average Bonchev–Trinajstić information content (AvgIpc) is 3.04. The lowest BCUT2D eigenvalue weighted by atomic mass is 10.0. The molecule has 1 fully saturated rings. The first-order valence-electron chi connectivity index (χ1n) is 9.04. The van der Waals surface area contributed by atoms with E-state index in [0.29, 0.717) is 11.4 Å². The second-order valence-electron chi connectivity index (χ2n) is 7.00. The molecule has 0 spiro atoms. The molecule has 7 heteroatoms. The summed E-state index contributed by atoms with van der Waals surface area (Å²) < 4.78 is 6.12. The van der Waals surface area contributed by atoms with Gasteiger partial charge in [0, 0.05) is 49.2 Å². The standard InChI is InChI=1S/C21H18N6O/c1-12-3-4-13(11-27(12)2)14-5-16-19-18(26-21(16)25-7-14)10-24-17(6-22)20(19)28-15-8-23-9-15/h3-5,7,10-11,15,23H,1,8-9H2,2H3,(H,25,26). The van der Waals surface area contributed by atoms with Crippen LogP contribution in [0.2, 0.25) is 0 Å². The third-order valence-corrected chi connectivity index (χ3v) is 5.15. The highest BCUT2D eigenvalue weighted by Gasteiger charge is 2.24. The largest absolute Gasteiger partial charge is 0.484 e. The summed E-state index contributed by atoms with van der Waals surface area (Å²) in [6, 6.07) is 4.23. The number of ether oxygens (including phenoxy) is 1. The Morgan fingerprint density at radius 1 is 1.29 bits per heavy atom. The number of H-pyrrole nitrogens is 1. The molecular weight excluding hydrogens is 352 g/mol. The van der Waals surface area contributed by atoms with Crippen molar-refractivity contribution in [3.05, 3.63) is 60.3 Å². The summed E-state index contributed by atoms with van der Waals surface area (Å²) in [6.45, 7) is 5.52. The van der Waals surface area contributed by atoms with E-state index in [2.05, 4.69) is 39.0 Å². The van der Waals surface area contributed by atoms with E-state index in [0.717, 1.165) is 51.9 Å². The molecule has 3 aromatic rings. The summed E-state index contributed by atoms with van der Waals surface area (Å²) in [5.41, 5.74) is 4.79. The van der Waals surface area contributed by atoms with Crippen LogP contribution in [0.5, 0.6) is 5.75 Å². The smallest absolute Gasteiger partial charge is 0.183 e. The zero-order chi connectivity index (χ0) is 19.3. The maximum atomic E-state index is 9.54. The number of pyridine rings is 2. The normalized spacial score (nSPS) is 16.9. The van der Waals surface area contributed by atoms with Crippen molar-refractivity contribution in [1.29, 1.82) is 5.26 Å². The van der Waals surface area contributed by atoms with Gasteiger partial charge in [0.2, 0.25) is 0 Å². The molecule has 2 aliphatic rings. The van der Waals surface area contributed by atoms with E-state index >= 15 is 0 Å². The molecule has 0 saturated carbocycles. The molecule has 1 saturated heterocycles. The van der Waals surface area contributed by atoms with Gasteiger partial charge >= 0.3 is 0 Å². The van der Waals surface area contributed by atoms with E-state index in [9.17, 15) is 5.26 Å². The Kier molecular flexibility index (Phi) is 3.67. The SMILES string of the molecule is C=C1C=CC(c2cnc3[nH]c4cnc(C#N)c(OC5CNC5)c4c3c2)=CN1C. The molecule has 0 aromatic carbocycles. The molecule has 5 heterocycles. The lowest BCUT2D eigenvalue weighted by Gasteiger charge is -2.28. The van der Waals surface area contributed by atoms with Gasteiger partial charge in [-0.1, -0.05) is 12.7 Å². The summed E-state index contributed by atoms with van der Waals surface area (Å²) in [5.74, 6) is 0.523. The first kappa shape index (κ1) is 16.5. The predicted molar refractivity (Wildman–Crippen MR) is 107 cm³/mol. The summed E-state index contributed by atoms with van der Waals surface area (Å²) >= 11 is 0. The number of nitriles is 1. The fourth-order valence-electron chi connectivity index (χ4n) is 3.41. The van der Waals surface area contributed by atoms with E-state index < -0.39 is 0 Å². The topological polar surface area (TPSA) is 89.9 Å². The van der Waals surface area contributed by atoms with Crippen LogP contribution in [0.3, 0.4) is 0 Å². The van der Waals surface area contributed by atoms with Gasteiger partial charge in [-0.25, -0.2) is 9.97 Å². The summed E-state index contributed by atoms with van der Waals surface area (Å²) in [7, 11) is 1.97. The van der Waals surface area contributed by atoms with Gasteiger partial charge in [0.1, 0.15) is 17.8 Å². The second kappa shape index (κ2) is 6.22. The fraction of sp³-hybridized carbons (Fsp3) is 0.190. The third kappa shape index (κ3) is 2.54. The number of likely N-dealkylation sites (N-methyl/N-ethyl adjacent to an activating group) is 1. The van der Waals surface area contributed by atoms with E-state index in [1.165, 1.54) is 0 Å². The first-order valence-corrected chi connectivity index (χ1v) is 9.04. The zero-order valence-corrected chi connectivity index (χ0v) is 15.4. The van der Waals surface area contributed by atoms with E-state index in [1.807, 2.05) is 36.5 Å². The number of hydrogen-bond acceptors (Lipinski definition) is 6. The first-order chi connectivity index (χ1) is 13.6. The molecule has 0 atom stereocenters. The van der Waals surface area contributed by atoms with E-state index in [1.54, 1.807) is 6.20 Å². The number of nitrogens with one attached hydrogen (secondary N) is 2. The molecule has 3 aromatic heterocycles. The van der Waals surface area contributed by atoms with Crippen LogP contribution < -0.4 is 10.1 Å². The van der Waals surface area contributed by atoms with Crippen LogP contribution in [-0.4, -0.2) is 46.1 Å². The Bertz CT molecular complexity index is 1230. The fourth-order valence-corrected chi connectivity index (χ4v) is 3.41. The molecular formula is C21H18N6O. The summed E-state index contributed by atoms with van der Waals surface area (Å²) in [5, 5.41) is 14.5. The van der Waals surface area contributed by atoms with Crippen LogP contribution in [0.15, 0.2) is 49.1 Å². The number of aromatic amines is 1. The molecule has 2 N–H and O–H groups in total. The van der Waals surface area contributed by atoms with E-state index in [4.69, 9.17) is 4.74 Å². The van der Waals surface area contributed by atoms with Crippen LogP contribution in [0, 0.1) is 11.3 Å². The van der Waals surface area contributed by atoms with Crippen LogP contribution in [0.1, 0.15) is 11.3 Å². The molecule has 2 aliphatic heterocycles. The molecule has 28 heavy (non-hydrogen) atoms. The monoisotopic (exact) mass is 370 g/mol. The van der Waals surface area contributed by atoms with E-state index in [-0.39, 0.29) is 6.10 Å². The lowest BCUT2D eigenvalue weighted by molar-refractivity contribution is 0.143. The third-order valence-electron chi connectivity index (χ3n) is 5.15. The molecule has 0 amide bonds. The van der Waals surface area contributed by atoms with Crippen molar-refractivity contribution in [2.45, 2.75) is 6.10 Å². The Morgan fingerprint density at radius 3 is 2.86 bits per heavy atom. The molecule has 0 bridgehead atoms. The lowest BCUT2D eigenvalue weighted by Crippen LogP contribution is -2.50. The van der Waals surface area contributed by atoms with Crippen molar-refractivity contribution < 1.29 is 4.74 Å². The van der Waals surface area contributed by atoms with Crippen molar-refractivity contribution in [3.63, 3.8) is 0 Å². The highest BCUT2D eigenvalue weighted by atomic mass is 16.5. The van der Waals surface area contributed by atoms with Crippen LogP contribution in [0.4, 0.5) is 0 Å². The second-order valence-corrected chi connectivity index (χ2v) is 7.00. The van der Waals surface area contributed by atoms with Crippen molar-refractivity contribution in [2.24, 2.45) is 0 Å². The van der Waals surface area contributed by atoms with Crippen LogP contribution in [0.25, 0.3) is 27.5 Å². The predicted octanol–water partition coefficient (Wildman–Crippen LogP) is 2.69. The summed E-state index contributed by atoms with van der Waals surface area (Å²) in [6.07, 6.45) is 9.58. The molecule has 0 radical (unpaired) electrons. The van der Waals surface area contributed by atoms with Gasteiger partial charge in [0.15, 0.2) is 11.4 Å². The Hall–Kier alpha value is -3.63. The Labute approximate surface area is 161 Å². The number of fused-ring (bicyclic) bond motifs is 3. The molecule has 138 valence electrons. The minimum atomic E-state index is 0.0456. The maximum absolute atomic E-state index is 9.54. The van der Waals surface area contributed by atoms with Crippen molar-refractivity contribution in [2.75, 3.05) is 20.1 Å². The maximum Gasteiger partial charge on any atom is 0.183 e. The average molecular weight is 370 g/mol. The van der Waals surface area contributed by atoms with Gasteiger partial charge in [0.05, 0.1) is 17.1 Å². The summed E-state index contributed by atoms with van der Waals surface area (Å²) in [4.78, 5) is 14.1. The van der Waals surface area contributed by atoms with Gasteiger partial charge in [-0.2, -0.15) is 5.26 Å². The quantitative estimate of drug-likeness (QED) is 0.737. The van der Waals surface area contributed by atoms with Crippen LogP contribution in [-0.2, 0) is 0 Å². The molecule has 0 unspecified atom stereocenters. The van der Waals surface area contributed by atoms with Gasteiger partial charge in [-0.05, 0) is 17.7 Å². The number of nitrogens with zero attached hydrogens (tertiary/aromatic N) is 4. The number of allylic oxidation sites excluding steroid dienone is 3. The van der Waals surface area contributed by atoms with Crippen LogP contribution >= 0.6 is 0 Å². The van der Waals surface area contributed by atoms with Gasteiger partial charge in [-0.3, -0.25) is 0 Å². The van der Waals surface area contributed by atoms with Crippen molar-refractivity contribution in [3.8, 4) is 11.8 Å². The zero-order valence-electron chi connectivity index (χ0n) is 15.4. The van der Waals surface area contributed by atoms with Gasteiger partial charge in [-0.15, -0.1) is 0 Å². The van der Waals surface area contributed by atoms with Crippen molar-refractivity contribution in [1.82, 2.24) is 25.2 Å². The number of aromatic nitrogens is 3. The van der Waals surface area contributed by atoms with Crippen molar-refractivity contribution >= 4 is 27.5 Å². The minimum Gasteiger partial charge on any atom is -0.484 e.